The van der Waals surface area contributed by atoms with Gasteiger partial charge in [-0.25, -0.2) is 14.8 Å². The van der Waals surface area contributed by atoms with Gasteiger partial charge in [0.1, 0.15) is 0 Å². The summed E-state index contributed by atoms with van der Waals surface area (Å²) in [7, 11) is 0. The number of carboxylic acids is 1. The number of hydrogen-bond acceptors (Lipinski definition) is 4. The molecule has 104 valence electrons. The van der Waals surface area contributed by atoms with Crippen molar-refractivity contribution >= 4 is 41.1 Å². The lowest BCUT2D eigenvalue weighted by Crippen LogP contribution is -2.08. The first-order chi connectivity index (χ1) is 9.47. The SMILES string of the molecule is CC(C)c1nc(/C=C/c2ccc(Cl)s2)ncc1C(=O)O. The van der Waals surface area contributed by atoms with Crippen molar-refractivity contribution in [3.8, 4) is 0 Å². The number of carboxylic acid groups (broad SMARTS) is 1. The molecule has 0 saturated carbocycles. The standard InChI is InChI=1S/C14H13ClN2O2S/c1-8(2)13-10(14(18)19)7-16-12(17-13)6-4-9-3-5-11(15)20-9/h3-8H,1-2H3,(H,18,19)/b6-4+. The predicted molar refractivity (Wildman–Crippen MR) is 81.3 cm³/mol. The molecular weight excluding hydrogens is 296 g/mol. The maximum Gasteiger partial charge on any atom is 0.339 e. The molecule has 0 amide bonds. The predicted octanol–water partition coefficient (Wildman–Crippen LogP) is 4.18. The van der Waals surface area contributed by atoms with Gasteiger partial charge in [-0.15, -0.1) is 11.3 Å². The second-order valence-electron chi connectivity index (χ2n) is 4.46. The Hall–Kier alpha value is -1.72. The molecule has 0 aliphatic rings. The average molecular weight is 309 g/mol. The molecule has 0 radical (unpaired) electrons. The first-order valence-electron chi connectivity index (χ1n) is 6.01. The Morgan fingerprint density at radius 2 is 2.15 bits per heavy atom. The van der Waals surface area contributed by atoms with Crippen molar-refractivity contribution in [3.63, 3.8) is 0 Å². The van der Waals surface area contributed by atoms with Crippen molar-refractivity contribution in [1.82, 2.24) is 9.97 Å². The molecule has 0 spiro atoms. The lowest BCUT2D eigenvalue weighted by Gasteiger charge is -2.08. The third kappa shape index (κ3) is 3.43. The number of aromatic carboxylic acids is 1. The van der Waals surface area contributed by atoms with E-state index in [-0.39, 0.29) is 11.5 Å². The van der Waals surface area contributed by atoms with Crippen LogP contribution in [-0.4, -0.2) is 21.0 Å². The highest BCUT2D eigenvalue weighted by molar-refractivity contribution is 7.17. The smallest absolute Gasteiger partial charge is 0.339 e. The van der Waals surface area contributed by atoms with Crippen LogP contribution in [0, 0.1) is 0 Å². The summed E-state index contributed by atoms with van der Waals surface area (Å²) in [6, 6.07) is 3.72. The summed E-state index contributed by atoms with van der Waals surface area (Å²) in [6.45, 7) is 3.81. The fraction of sp³-hybridized carbons (Fsp3) is 0.214. The number of rotatable bonds is 4. The first-order valence-corrected chi connectivity index (χ1v) is 7.20. The van der Waals surface area contributed by atoms with Crippen molar-refractivity contribution in [2.24, 2.45) is 0 Å². The zero-order chi connectivity index (χ0) is 14.7. The summed E-state index contributed by atoms with van der Waals surface area (Å²) in [5.41, 5.74) is 0.688. The van der Waals surface area contributed by atoms with Gasteiger partial charge in [-0.2, -0.15) is 0 Å². The minimum Gasteiger partial charge on any atom is -0.478 e. The fourth-order valence-corrected chi connectivity index (χ4v) is 2.63. The molecule has 4 nitrogen and oxygen atoms in total. The molecule has 0 saturated heterocycles. The van der Waals surface area contributed by atoms with Crippen molar-refractivity contribution in [3.05, 3.63) is 44.6 Å². The van der Waals surface area contributed by atoms with Crippen molar-refractivity contribution in [2.75, 3.05) is 0 Å². The second kappa shape index (κ2) is 6.15. The molecule has 0 fully saturated rings. The molecule has 0 bridgehead atoms. The van der Waals surface area contributed by atoms with Crippen LogP contribution in [0.3, 0.4) is 0 Å². The van der Waals surface area contributed by atoms with Crippen LogP contribution in [-0.2, 0) is 0 Å². The number of thiophene rings is 1. The number of aromatic nitrogens is 2. The Labute approximate surface area is 125 Å². The van der Waals surface area contributed by atoms with Crippen LogP contribution in [0.15, 0.2) is 18.3 Å². The van der Waals surface area contributed by atoms with E-state index in [9.17, 15) is 4.79 Å². The fourth-order valence-electron chi connectivity index (χ4n) is 1.67. The maximum absolute atomic E-state index is 11.1. The largest absolute Gasteiger partial charge is 0.478 e. The van der Waals surface area contributed by atoms with Crippen LogP contribution in [0.2, 0.25) is 4.34 Å². The minimum atomic E-state index is -1.01. The van der Waals surface area contributed by atoms with Crippen LogP contribution >= 0.6 is 22.9 Å². The van der Waals surface area contributed by atoms with E-state index >= 15 is 0 Å². The molecule has 2 heterocycles. The van der Waals surface area contributed by atoms with Gasteiger partial charge in [-0.05, 0) is 30.2 Å². The van der Waals surface area contributed by atoms with E-state index in [1.54, 1.807) is 6.08 Å². The van der Waals surface area contributed by atoms with Crippen molar-refractivity contribution in [2.45, 2.75) is 19.8 Å². The van der Waals surface area contributed by atoms with Gasteiger partial charge in [0.2, 0.25) is 0 Å². The lowest BCUT2D eigenvalue weighted by atomic mass is 10.1. The lowest BCUT2D eigenvalue weighted by molar-refractivity contribution is 0.0694. The summed E-state index contributed by atoms with van der Waals surface area (Å²) in [5, 5.41) is 9.11. The molecule has 2 aromatic heterocycles. The van der Waals surface area contributed by atoms with Gasteiger partial charge < -0.3 is 5.11 Å². The van der Waals surface area contributed by atoms with Crippen LogP contribution < -0.4 is 0 Å². The Bertz CT molecular complexity index is 665. The molecule has 0 unspecified atom stereocenters. The summed E-state index contributed by atoms with van der Waals surface area (Å²) in [4.78, 5) is 20.5. The monoisotopic (exact) mass is 308 g/mol. The third-order valence-electron chi connectivity index (χ3n) is 2.60. The molecule has 0 aliphatic heterocycles. The second-order valence-corrected chi connectivity index (χ2v) is 6.21. The summed E-state index contributed by atoms with van der Waals surface area (Å²) >= 11 is 7.31. The molecule has 6 heteroatoms. The van der Waals surface area contributed by atoms with Gasteiger partial charge in [-0.1, -0.05) is 25.4 Å². The van der Waals surface area contributed by atoms with Gasteiger partial charge in [-0.3, -0.25) is 0 Å². The van der Waals surface area contributed by atoms with Crippen LogP contribution in [0.25, 0.3) is 12.2 Å². The molecule has 0 aromatic carbocycles. The van der Waals surface area contributed by atoms with E-state index in [1.807, 2.05) is 32.1 Å². The molecule has 0 aliphatic carbocycles. The van der Waals surface area contributed by atoms with E-state index in [4.69, 9.17) is 16.7 Å². The third-order valence-corrected chi connectivity index (χ3v) is 3.80. The Morgan fingerprint density at radius 3 is 2.70 bits per heavy atom. The summed E-state index contributed by atoms with van der Waals surface area (Å²) in [5.74, 6) is -0.495. The number of carbonyl (C=O) groups is 1. The van der Waals surface area contributed by atoms with Crippen molar-refractivity contribution in [1.29, 1.82) is 0 Å². The highest BCUT2D eigenvalue weighted by atomic mass is 35.5. The van der Waals surface area contributed by atoms with Gasteiger partial charge in [0.15, 0.2) is 5.82 Å². The van der Waals surface area contributed by atoms with E-state index in [0.717, 1.165) is 9.21 Å². The molecule has 1 N–H and O–H groups in total. The Kier molecular flexibility index (Phi) is 4.52. The quantitative estimate of drug-likeness (QED) is 0.920. The number of halogens is 1. The summed E-state index contributed by atoms with van der Waals surface area (Å²) in [6.07, 6.45) is 4.96. The molecular formula is C14H13ClN2O2S. The molecule has 2 rings (SSSR count). The van der Waals surface area contributed by atoms with Crippen LogP contribution in [0.1, 0.15) is 46.5 Å². The number of hydrogen-bond donors (Lipinski definition) is 1. The van der Waals surface area contributed by atoms with Gasteiger partial charge >= 0.3 is 5.97 Å². The topological polar surface area (TPSA) is 63.1 Å². The molecule has 2 aromatic rings. The number of nitrogens with zero attached hydrogens (tertiary/aromatic N) is 2. The van der Waals surface area contributed by atoms with E-state index in [2.05, 4.69) is 9.97 Å². The van der Waals surface area contributed by atoms with E-state index in [0.29, 0.717) is 11.5 Å². The minimum absolute atomic E-state index is 0.0208. The molecule has 20 heavy (non-hydrogen) atoms. The molecule has 0 atom stereocenters. The zero-order valence-electron chi connectivity index (χ0n) is 11.0. The Morgan fingerprint density at radius 1 is 1.40 bits per heavy atom. The van der Waals surface area contributed by atoms with Crippen LogP contribution in [0.4, 0.5) is 0 Å². The zero-order valence-corrected chi connectivity index (χ0v) is 12.6. The Balaban J connectivity index is 2.31. The van der Waals surface area contributed by atoms with Crippen LogP contribution in [0.5, 0.6) is 0 Å². The first kappa shape index (κ1) is 14.7. The van der Waals surface area contributed by atoms with Gasteiger partial charge in [0.05, 0.1) is 15.6 Å². The van der Waals surface area contributed by atoms with Gasteiger partial charge in [0, 0.05) is 11.1 Å². The maximum atomic E-state index is 11.1. The highest BCUT2D eigenvalue weighted by Crippen LogP contribution is 2.23. The van der Waals surface area contributed by atoms with Crippen molar-refractivity contribution < 1.29 is 9.90 Å². The summed E-state index contributed by atoms with van der Waals surface area (Å²) < 4.78 is 0.717. The normalized spacial score (nSPS) is 11.4. The van der Waals surface area contributed by atoms with E-state index < -0.39 is 5.97 Å². The van der Waals surface area contributed by atoms with Gasteiger partial charge in [0.25, 0.3) is 0 Å². The highest BCUT2D eigenvalue weighted by Gasteiger charge is 2.15. The average Bonchev–Trinajstić information content (AvgIpc) is 2.81. The van der Waals surface area contributed by atoms with E-state index in [1.165, 1.54) is 17.5 Å².